The molecule has 1 amide bonds. The molecule has 1 aromatic rings. The zero-order chi connectivity index (χ0) is 9.97. The Morgan fingerprint density at radius 2 is 2.00 bits per heavy atom. The van der Waals surface area contributed by atoms with Crippen LogP contribution in [0, 0.1) is 0 Å². The highest BCUT2D eigenvalue weighted by Gasteiger charge is 2.16. The van der Waals surface area contributed by atoms with Crippen molar-refractivity contribution in [1.82, 2.24) is 0 Å². The van der Waals surface area contributed by atoms with Gasteiger partial charge in [-0.05, 0) is 30.7 Å². The summed E-state index contributed by atoms with van der Waals surface area (Å²) in [5.41, 5.74) is 0.760. The minimum Gasteiger partial charge on any atom is -0.273 e. The zero-order valence-electron chi connectivity index (χ0n) is 7.48. The van der Waals surface area contributed by atoms with Gasteiger partial charge in [0.25, 0.3) is 0 Å². The van der Waals surface area contributed by atoms with E-state index in [0.717, 1.165) is 12.1 Å². The average molecular weight is 209 g/mol. The summed E-state index contributed by atoms with van der Waals surface area (Å²) in [6.07, 6.45) is 2.99. The van der Waals surface area contributed by atoms with E-state index in [-0.39, 0.29) is 5.91 Å². The lowest BCUT2D eigenvalue weighted by Gasteiger charge is -2.19. The maximum absolute atomic E-state index is 11.5. The number of hydrogen-bond acceptors (Lipinski definition) is 2. The minimum atomic E-state index is 0.0230. The van der Waals surface area contributed by atoms with Crippen LogP contribution in [0.1, 0.15) is 12.8 Å². The first kappa shape index (κ1) is 9.21. The van der Waals surface area contributed by atoms with E-state index in [4.69, 9.17) is 11.6 Å². The molecule has 14 heavy (non-hydrogen) atoms. The van der Waals surface area contributed by atoms with Crippen LogP contribution in [0.3, 0.4) is 0 Å². The Hall–Kier alpha value is -1.35. The van der Waals surface area contributed by atoms with E-state index >= 15 is 0 Å². The molecule has 0 atom stereocenters. The third kappa shape index (κ3) is 1.77. The molecular weight excluding hydrogens is 200 g/mol. The third-order valence-corrected chi connectivity index (χ3v) is 2.24. The molecule has 0 aromatic heterocycles. The predicted octanol–water partition coefficient (Wildman–Crippen LogP) is 2.45. The molecule has 1 aliphatic rings. The highest BCUT2D eigenvalue weighted by Crippen LogP contribution is 2.20. The van der Waals surface area contributed by atoms with E-state index in [2.05, 4.69) is 5.10 Å². The van der Waals surface area contributed by atoms with Gasteiger partial charge in [-0.3, -0.25) is 4.79 Å². The Balaban J connectivity index is 2.29. The zero-order valence-corrected chi connectivity index (χ0v) is 8.24. The lowest BCUT2D eigenvalue weighted by atomic mass is 10.2. The van der Waals surface area contributed by atoms with Gasteiger partial charge in [-0.1, -0.05) is 11.6 Å². The quantitative estimate of drug-likeness (QED) is 0.698. The van der Waals surface area contributed by atoms with E-state index < -0.39 is 0 Å². The van der Waals surface area contributed by atoms with Gasteiger partial charge < -0.3 is 0 Å². The third-order valence-electron chi connectivity index (χ3n) is 1.99. The number of carbonyl (C=O) groups is 1. The van der Waals surface area contributed by atoms with Crippen molar-refractivity contribution >= 4 is 29.4 Å². The van der Waals surface area contributed by atoms with Crippen LogP contribution in [0.4, 0.5) is 5.69 Å². The summed E-state index contributed by atoms with van der Waals surface area (Å²) in [7, 11) is 0. The summed E-state index contributed by atoms with van der Waals surface area (Å²) in [6.45, 7) is 0. The van der Waals surface area contributed by atoms with Crippen LogP contribution < -0.4 is 5.01 Å². The molecule has 1 aliphatic heterocycles. The van der Waals surface area contributed by atoms with Crippen LogP contribution in [0.5, 0.6) is 0 Å². The topological polar surface area (TPSA) is 32.7 Å². The van der Waals surface area contributed by atoms with Gasteiger partial charge in [0.05, 0.1) is 5.69 Å². The fraction of sp³-hybridized carbons (Fsp3) is 0.200. The van der Waals surface area contributed by atoms with Gasteiger partial charge in [0.15, 0.2) is 0 Å². The van der Waals surface area contributed by atoms with Crippen LogP contribution in [0.2, 0.25) is 5.02 Å². The second kappa shape index (κ2) is 3.80. The molecule has 1 heterocycles. The summed E-state index contributed by atoms with van der Waals surface area (Å²) in [5, 5.41) is 6.08. The first-order valence-electron chi connectivity index (χ1n) is 4.38. The molecule has 0 fully saturated rings. The first-order valence-corrected chi connectivity index (χ1v) is 4.76. The summed E-state index contributed by atoms with van der Waals surface area (Å²) < 4.78 is 0. The van der Waals surface area contributed by atoms with E-state index in [1.54, 1.807) is 30.5 Å². The summed E-state index contributed by atoms with van der Waals surface area (Å²) >= 11 is 5.75. The van der Waals surface area contributed by atoms with Crippen molar-refractivity contribution in [2.75, 3.05) is 5.01 Å². The smallest absolute Gasteiger partial charge is 0.247 e. The maximum Gasteiger partial charge on any atom is 0.247 e. The van der Waals surface area contributed by atoms with Crippen LogP contribution in [-0.2, 0) is 4.79 Å². The van der Waals surface area contributed by atoms with Gasteiger partial charge in [-0.2, -0.15) is 5.10 Å². The molecule has 2 rings (SSSR count). The Bertz CT molecular complexity index is 372. The number of amides is 1. The molecular formula is C10H9ClN2O. The lowest BCUT2D eigenvalue weighted by Crippen LogP contribution is -2.28. The SMILES string of the molecule is O=C1CCC=NN1c1ccc(Cl)cc1. The maximum atomic E-state index is 11.5. The lowest BCUT2D eigenvalue weighted by molar-refractivity contribution is -0.118. The first-order chi connectivity index (χ1) is 6.77. The number of carbonyl (C=O) groups excluding carboxylic acids is 1. The predicted molar refractivity (Wildman–Crippen MR) is 56.7 cm³/mol. The summed E-state index contributed by atoms with van der Waals surface area (Å²) in [4.78, 5) is 11.5. The molecule has 0 aliphatic carbocycles. The standard InChI is InChI=1S/C10H9ClN2O/c11-8-3-5-9(6-4-8)13-10(14)2-1-7-12-13/h3-7H,1-2H2. The van der Waals surface area contributed by atoms with Crippen molar-refractivity contribution in [1.29, 1.82) is 0 Å². The number of anilines is 1. The second-order valence-electron chi connectivity index (χ2n) is 3.02. The summed E-state index contributed by atoms with van der Waals surface area (Å²) in [6, 6.07) is 7.05. The molecule has 4 heteroatoms. The van der Waals surface area contributed by atoms with Gasteiger partial charge in [-0.25, -0.2) is 5.01 Å². The monoisotopic (exact) mass is 208 g/mol. The molecule has 0 saturated heterocycles. The van der Waals surface area contributed by atoms with Crippen LogP contribution in [-0.4, -0.2) is 12.1 Å². The second-order valence-corrected chi connectivity index (χ2v) is 3.46. The van der Waals surface area contributed by atoms with Crippen molar-refractivity contribution in [3.05, 3.63) is 29.3 Å². The summed E-state index contributed by atoms with van der Waals surface area (Å²) in [5.74, 6) is 0.0230. The Morgan fingerprint density at radius 3 is 2.64 bits per heavy atom. The van der Waals surface area contributed by atoms with Gasteiger partial charge in [0, 0.05) is 17.7 Å². The van der Waals surface area contributed by atoms with Crippen molar-refractivity contribution in [3.8, 4) is 0 Å². The van der Waals surface area contributed by atoms with Crippen LogP contribution in [0.15, 0.2) is 29.4 Å². The number of halogens is 1. The Kier molecular flexibility index (Phi) is 2.50. The fourth-order valence-electron chi connectivity index (χ4n) is 1.29. The number of hydrazone groups is 1. The van der Waals surface area contributed by atoms with Crippen LogP contribution in [0.25, 0.3) is 0 Å². The van der Waals surface area contributed by atoms with Crippen molar-refractivity contribution < 1.29 is 4.79 Å². The molecule has 0 N–H and O–H groups in total. The molecule has 0 spiro atoms. The van der Waals surface area contributed by atoms with Gasteiger partial charge in [0.2, 0.25) is 5.91 Å². The number of hydrogen-bond donors (Lipinski definition) is 0. The number of benzene rings is 1. The molecule has 0 radical (unpaired) electrons. The Labute approximate surface area is 87.0 Å². The van der Waals surface area contributed by atoms with Crippen LogP contribution >= 0.6 is 11.6 Å². The van der Waals surface area contributed by atoms with Gasteiger partial charge in [0.1, 0.15) is 0 Å². The van der Waals surface area contributed by atoms with E-state index in [9.17, 15) is 4.79 Å². The van der Waals surface area contributed by atoms with E-state index in [1.807, 2.05) is 0 Å². The number of nitrogens with zero attached hydrogens (tertiary/aromatic N) is 2. The molecule has 0 saturated carbocycles. The molecule has 1 aromatic carbocycles. The highest BCUT2D eigenvalue weighted by atomic mass is 35.5. The van der Waals surface area contributed by atoms with Gasteiger partial charge >= 0.3 is 0 Å². The molecule has 3 nitrogen and oxygen atoms in total. The normalized spacial score (nSPS) is 16.1. The average Bonchev–Trinajstić information content (AvgIpc) is 2.20. The fourth-order valence-corrected chi connectivity index (χ4v) is 1.42. The largest absolute Gasteiger partial charge is 0.273 e. The molecule has 0 bridgehead atoms. The van der Waals surface area contributed by atoms with Crippen molar-refractivity contribution in [2.24, 2.45) is 5.10 Å². The van der Waals surface area contributed by atoms with Crippen molar-refractivity contribution in [3.63, 3.8) is 0 Å². The molecule has 72 valence electrons. The molecule has 0 unspecified atom stereocenters. The number of rotatable bonds is 1. The Morgan fingerprint density at radius 1 is 1.29 bits per heavy atom. The van der Waals surface area contributed by atoms with E-state index in [1.165, 1.54) is 5.01 Å². The highest BCUT2D eigenvalue weighted by molar-refractivity contribution is 6.30. The van der Waals surface area contributed by atoms with Gasteiger partial charge in [-0.15, -0.1) is 0 Å². The minimum absolute atomic E-state index is 0.0230. The van der Waals surface area contributed by atoms with E-state index in [0.29, 0.717) is 11.4 Å². The van der Waals surface area contributed by atoms with Crippen molar-refractivity contribution in [2.45, 2.75) is 12.8 Å².